The lowest BCUT2D eigenvalue weighted by atomic mass is 10.0. The molecular weight excluding hydrogens is 406 g/mol. The maximum absolute atomic E-state index is 14.6. The first kappa shape index (κ1) is 20.1. The molecule has 0 aliphatic rings. The molecule has 1 amide bonds. The number of methoxy groups -OCH3 is 1. The van der Waals surface area contributed by atoms with E-state index in [4.69, 9.17) is 9.26 Å². The minimum Gasteiger partial charge on any atom is -0.497 e. The molecule has 0 saturated heterocycles. The van der Waals surface area contributed by atoms with Crippen LogP contribution in [-0.2, 0) is 4.79 Å². The van der Waals surface area contributed by atoms with Gasteiger partial charge in [0.25, 0.3) is 0 Å². The Hall–Kier alpha value is -4.14. The predicted molar refractivity (Wildman–Crippen MR) is 109 cm³/mol. The zero-order valence-corrected chi connectivity index (χ0v) is 16.5. The lowest BCUT2D eigenvalue weighted by molar-refractivity contribution is -0.116. The van der Waals surface area contributed by atoms with Crippen LogP contribution >= 0.6 is 0 Å². The topological polar surface area (TPSA) is 81.4 Å². The lowest BCUT2D eigenvalue weighted by Crippen LogP contribution is -2.23. The number of hydrogen-bond acceptors (Lipinski definition) is 6. The van der Waals surface area contributed by atoms with Crippen molar-refractivity contribution in [2.24, 2.45) is 0 Å². The van der Waals surface area contributed by atoms with Crippen LogP contribution in [-0.4, -0.2) is 28.1 Å². The van der Waals surface area contributed by atoms with Crippen molar-refractivity contribution in [1.82, 2.24) is 15.1 Å². The first-order valence-electron chi connectivity index (χ1n) is 9.16. The van der Waals surface area contributed by atoms with E-state index in [1.54, 1.807) is 30.3 Å². The van der Waals surface area contributed by atoms with Crippen molar-refractivity contribution < 1.29 is 22.8 Å². The summed E-state index contributed by atoms with van der Waals surface area (Å²) in [7, 11) is 1.51. The summed E-state index contributed by atoms with van der Waals surface area (Å²) in [5.41, 5.74) is 1.12. The molecule has 156 valence electrons. The van der Waals surface area contributed by atoms with E-state index >= 15 is 0 Å². The van der Waals surface area contributed by atoms with Crippen LogP contribution in [0.3, 0.4) is 0 Å². The maximum atomic E-state index is 14.6. The Morgan fingerprint density at radius 1 is 1.13 bits per heavy atom. The number of nitrogens with zero attached hydrogens (tertiary/aromatic N) is 4. The smallest absolute Gasteiger partial charge is 0.248 e. The van der Waals surface area contributed by atoms with Gasteiger partial charge in [-0.1, -0.05) is 11.2 Å². The SMILES string of the molecule is COc1cccc(N(C(C)=O)c2onc(-c3ccc(F)cc3F)c2-c2ccncn2)c1. The van der Waals surface area contributed by atoms with Gasteiger partial charge >= 0.3 is 0 Å². The van der Waals surface area contributed by atoms with Gasteiger partial charge in [-0.2, -0.15) is 0 Å². The van der Waals surface area contributed by atoms with E-state index in [2.05, 4.69) is 15.1 Å². The van der Waals surface area contributed by atoms with E-state index in [0.717, 1.165) is 12.1 Å². The maximum Gasteiger partial charge on any atom is 0.248 e. The van der Waals surface area contributed by atoms with Crippen molar-refractivity contribution in [3.05, 3.63) is 72.7 Å². The summed E-state index contributed by atoms with van der Waals surface area (Å²) < 4.78 is 38.8. The van der Waals surface area contributed by atoms with Crippen LogP contribution < -0.4 is 9.64 Å². The van der Waals surface area contributed by atoms with Crippen LogP contribution in [0.25, 0.3) is 22.5 Å². The Morgan fingerprint density at radius 3 is 2.65 bits per heavy atom. The molecule has 0 radical (unpaired) electrons. The molecule has 0 atom stereocenters. The number of hydrogen-bond donors (Lipinski definition) is 0. The van der Waals surface area contributed by atoms with Crippen molar-refractivity contribution in [3.63, 3.8) is 0 Å². The minimum absolute atomic E-state index is 0.000781. The Morgan fingerprint density at radius 2 is 1.97 bits per heavy atom. The summed E-state index contributed by atoms with van der Waals surface area (Å²) in [4.78, 5) is 22.0. The van der Waals surface area contributed by atoms with Crippen molar-refractivity contribution in [3.8, 4) is 28.3 Å². The summed E-state index contributed by atoms with van der Waals surface area (Å²) in [6.45, 7) is 1.35. The fourth-order valence-electron chi connectivity index (χ4n) is 3.16. The van der Waals surface area contributed by atoms with Crippen LogP contribution in [0.1, 0.15) is 6.92 Å². The van der Waals surface area contributed by atoms with Crippen LogP contribution in [0.4, 0.5) is 20.4 Å². The minimum atomic E-state index is -0.828. The highest BCUT2D eigenvalue weighted by Crippen LogP contribution is 2.42. The standard InChI is InChI=1S/C22H16F2N4O3/c1-13(29)28(15-4-3-5-16(11-15)30-2)22-20(19-8-9-25-12-26-19)21(27-31-22)17-7-6-14(23)10-18(17)24/h3-12H,1-2H3. The van der Waals surface area contributed by atoms with E-state index in [1.807, 2.05) is 0 Å². The summed E-state index contributed by atoms with van der Waals surface area (Å²) >= 11 is 0. The predicted octanol–water partition coefficient (Wildman–Crippen LogP) is 4.77. The number of carbonyl (C=O) groups excluding carboxylic acids is 1. The highest BCUT2D eigenvalue weighted by Gasteiger charge is 2.29. The number of amides is 1. The van der Waals surface area contributed by atoms with Crippen molar-refractivity contribution in [2.75, 3.05) is 12.0 Å². The highest BCUT2D eigenvalue weighted by molar-refractivity contribution is 6.03. The second-order valence-electron chi connectivity index (χ2n) is 6.49. The molecular formula is C22H16F2N4O3. The number of benzene rings is 2. The molecule has 31 heavy (non-hydrogen) atoms. The molecule has 0 aliphatic heterocycles. The van der Waals surface area contributed by atoms with Gasteiger partial charge < -0.3 is 9.26 Å². The summed E-state index contributed by atoms with van der Waals surface area (Å²) in [5, 5.41) is 4.00. The second kappa shape index (κ2) is 8.31. The molecule has 0 fully saturated rings. The van der Waals surface area contributed by atoms with Gasteiger partial charge in [0.05, 0.1) is 24.1 Å². The third-order valence-corrected chi connectivity index (χ3v) is 4.53. The van der Waals surface area contributed by atoms with Crippen LogP contribution in [0.2, 0.25) is 0 Å². The molecule has 0 bridgehead atoms. The second-order valence-corrected chi connectivity index (χ2v) is 6.49. The summed E-state index contributed by atoms with van der Waals surface area (Å²) in [6.07, 6.45) is 2.80. The molecule has 9 heteroatoms. The van der Waals surface area contributed by atoms with Gasteiger partial charge in [-0.15, -0.1) is 0 Å². The number of aromatic nitrogens is 3. The van der Waals surface area contributed by atoms with Gasteiger partial charge in [-0.3, -0.25) is 4.79 Å². The quantitative estimate of drug-likeness (QED) is 0.461. The van der Waals surface area contributed by atoms with E-state index < -0.39 is 11.6 Å². The van der Waals surface area contributed by atoms with Crippen LogP contribution in [0, 0.1) is 11.6 Å². The van der Waals surface area contributed by atoms with E-state index in [0.29, 0.717) is 17.1 Å². The van der Waals surface area contributed by atoms with Crippen LogP contribution in [0.5, 0.6) is 5.75 Å². The fourth-order valence-corrected chi connectivity index (χ4v) is 3.16. The van der Waals surface area contributed by atoms with Crippen LogP contribution in [0.15, 0.2) is 65.6 Å². The summed E-state index contributed by atoms with van der Waals surface area (Å²) in [6, 6.07) is 11.5. The first-order chi connectivity index (χ1) is 15.0. The number of halogens is 2. The van der Waals surface area contributed by atoms with Gasteiger partial charge in [0, 0.05) is 30.8 Å². The molecule has 4 rings (SSSR count). The third-order valence-electron chi connectivity index (χ3n) is 4.53. The first-order valence-corrected chi connectivity index (χ1v) is 9.16. The Bertz CT molecular complexity index is 1240. The summed E-state index contributed by atoms with van der Waals surface area (Å²) in [5.74, 6) is -1.39. The van der Waals surface area contributed by atoms with Gasteiger partial charge in [0.1, 0.15) is 29.4 Å². The Kier molecular flexibility index (Phi) is 5.40. The molecule has 4 aromatic rings. The van der Waals surface area contributed by atoms with Gasteiger partial charge in [-0.05, 0) is 30.3 Å². The van der Waals surface area contributed by atoms with E-state index in [-0.39, 0.29) is 28.6 Å². The molecule has 0 N–H and O–H groups in total. The fraction of sp³-hybridized carbons (Fsp3) is 0.0909. The molecule has 2 aromatic carbocycles. The van der Waals surface area contributed by atoms with Crippen molar-refractivity contribution in [1.29, 1.82) is 0 Å². The molecule has 2 aromatic heterocycles. The molecule has 0 unspecified atom stereocenters. The number of anilines is 2. The Labute approximate surface area is 175 Å². The average Bonchev–Trinajstić information content (AvgIpc) is 3.18. The lowest BCUT2D eigenvalue weighted by Gasteiger charge is -2.19. The van der Waals surface area contributed by atoms with E-state index in [9.17, 15) is 13.6 Å². The van der Waals surface area contributed by atoms with E-state index in [1.165, 1.54) is 37.5 Å². The highest BCUT2D eigenvalue weighted by atomic mass is 19.1. The Balaban J connectivity index is 1.97. The number of ether oxygens (including phenoxy) is 1. The number of rotatable bonds is 5. The molecule has 7 nitrogen and oxygen atoms in total. The van der Waals surface area contributed by atoms with Crippen molar-refractivity contribution in [2.45, 2.75) is 6.92 Å². The zero-order chi connectivity index (χ0) is 22.0. The largest absolute Gasteiger partial charge is 0.497 e. The third kappa shape index (κ3) is 3.85. The van der Waals surface area contributed by atoms with Gasteiger partial charge in [-0.25, -0.2) is 23.6 Å². The average molecular weight is 422 g/mol. The van der Waals surface area contributed by atoms with Gasteiger partial charge in [0.15, 0.2) is 0 Å². The molecule has 0 saturated carbocycles. The molecule has 0 aliphatic carbocycles. The number of carbonyl (C=O) groups is 1. The normalized spacial score (nSPS) is 10.7. The monoisotopic (exact) mass is 422 g/mol. The molecule has 2 heterocycles. The molecule has 0 spiro atoms. The van der Waals surface area contributed by atoms with Gasteiger partial charge in [0.2, 0.25) is 11.8 Å². The zero-order valence-electron chi connectivity index (χ0n) is 16.5. The van der Waals surface area contributed by atoms with Crippen molar-refractivity contribution >= 4 is 17.5 Å².